The Balaban J connectivity index is 1.11. The molecule has 0 fully saturated rings. The highest BCUT2D eigenvalue weighted by atomic mass is 16.3. The van der Waals surface area contributed by atoms with Crippen molar-refractivity contribution in [2.45, 2.75) is 12.3 Å². The molecule has 0 amide bonds. The van der Waals surface area contributed by atoms with Gasteiger partial charge in [0.2, 0.25) is 0 Å². The SMILES string of the molecule is CC1(c2ccccc2)c2ccccc2-c2c(-c3cc(-c4cc(-c5cccc(-c6ccccc6)c5)cc(-c5cccc6c5oc5ccccc56)c4)nc(-c4ccccc4)n3)cccc21. The summed E-state index contributed by atoms with van der Waals surface area (Å²) in [5.41, 5.74) is 19.1. The molecule has 0 N–H and O–H groups in total. The largest absolute Gasteiger partial charge is 0.455 e. The Morgan fingerprint density at radius 1 is 0.365 bits per heavy atom. The van der Waals surface area contributed by atoms with Crippen LogP contribution >= 0.6 is 0 Å². The molecule has 1 atom stereocenters. The molecule has 3 nitrogen and oxygen atoms in total. The molecule has 0 saturated carbocycles. The van der Waals surface area contributed by atoms with Gasteiger partial charge in [0.1, 0.15) is 11.2 Å². The quantitative estimate of drug-likeness (QED) is 0.161. The summed E-state index contributed by atoms with van der Waals surface area (Å²) >= 11 is 0. The highest BCUT2D eigenvalue weighted by Crippen LogP contribution is 2.55. The van der Waals surface area contributed by atoms with Crippen LogP contribution in [0.2, 0.25) is 0 Å². The van der Waals surface area contributed by atoms with E-state index < -0.39 is 0 Å². The van der Waals surface area contributed by atoms with Gasteiger partial charge in [-0.05, 0) is 99.0 Å². The standard InChI is InChI=1S/C60H40N2O/c1-60(46-24-9-4-10-25-46)52-31-13-11-27-50(52)57-51(30-17-32-53(57)60)55-38-54(61-59(62-55)40-20-7-3-8-21-40)45-36-43(42-23-15-22-41(34-42)39-18-5-2-6-19-39)35-44(37-45)47-28-16-29-49-48-26-12-14-33-56(48)63-58(47)49/h2-38H,1H3. The van der Waals surface area contributed by atoms with Crippen LogP contribution in [0.5, 0.6) is 0 Å². The van der Waals surface area contributed by atoms with Gasteiger partial charge in [-0.25, -0.2) is 9.97 Å². The third kappa shape index (κ3) is 6.12. The zero-order valence-electron chi connectivity index (χ0n) is 34.7. The number of aromatic nitrogens is 2. The molecule has 0 saturated heterocycles. The Hall–Kier alpha value is -8.14. The maximum absolute atomic E-state index is 6.65. The molecule has 2 aromatic heterocycles. The second kappa shape index (κ2) is 14.8. The predicted molar refractivity (Wildman–Crippen MR) is 259 cm³/mol. The fourth-order valence-corrected chi connectivity index (χ4v) is 9.87. The van der Waals surface area contributed by atoms with Gasteiger partial charge in [0.05, 0.1) is 11.4 Å². The third-order valence-corrected chi connectivity index (χ3v) is 13.0. The summed E-state index contributed by atoms with van der Waals surface area (Å²) in [5.74, 6) is 0.676. The van der Waals surface area contributed by atoms with Crippen LogP contribution in [0.4, 0.5) is 0 Å². The van der Waals surface area contributed by atoms with Crippen LogP contribution in [-0.4, -0.2) is 9.97 Å². The van der Waals surface area contributed by atoms with Crippen molar-refractivity contribution in [2.24, 2.45) is 0 Å². The number of para-hydroxylation sites is 2. The van der Waals surface area contributed by atoms with Crippen molar-refractivity contribution in [1.29, 1.82) is 0 Å². The average molecular weight is 805 g/mol. The van der Waals surface area contributed by atoms with Crippen LogP contribution in [0.25, 0.3) is 100 Å². The lowest BCUT2D eigenvalue weighted by Crippen LogP contribution is -2.22. The van der Waals surface area contributed by atoms with Gasteiger partial charge in [0.15, 0.2) is 5.82 Å². The minimum absolute atomic E-state index is 0.337. The molecule has 0 aliphatic heterocycles. The number of benzene rings is 9. The first-order valence-corrected chi connectivity index (χ1v) is 21.6. The van der Waals surface area contributed by atoms with Crippen molar-refractivity contribution in [3.8, 4) is 78.4 Å². The van der Waals surface area contributed by atoms with Gasteiger partial charge in [0, 0.05) is 38.4 Å². The van der Waals surface area contributed by atoms with Gasteiger partial charge in [-0.15, -0.1) is 0 Å². The fourth-order valence-electron chi connectivity index (χ4n) is 9.87. The van der Waals surface area contributed by atoms with Gasteiger partial charge in [-0.2, -0.15) is 0 Å². The van der Waals surface area contributed by atoms with E-state index >= 15 is 0 Å². The molecule has 1 unspecified atom stereocenters. The lowest BCUT2D eigenvalue weighted by molar-refractivity contribution is 0.670. The summed E-state index contributed by atoms with van der Waals surface area (Å²) in [4.78, 5) is 10.8. The molecule has 0 spiro atoms. The van der Waals surface area contributed by atoms with E-state index in [4.69, 9.17) is 14.4 Å². The van der Waals surface area contributed by atoms with Crippen LogP contribution in [-0.2, 0) is 5.41 Å². The Bertz CT molecular complexity index is 3520. The highest BCUT2D eigenvalue weighted by molar-refractivity contribution is 6.10. The van der Waals surface area contributed by atoms with Crippen molar-refractivity contribution in [3.63, 3.8) is 0 Å². The molecule has 12 rings (SSSR count). The first-order valence-electron chi connectivity index (χ1n) is 21.6. The van der Waals surface area contributed by atoms with Crippen LogP contribution < -0.4 is 0 Å². The predicted octanol–water partition coefficient (Wildman–Crippen LogP) is 15.7. The van der Waals surface area contributed by atoms with Crippen molar-refractivity contribution in [3.05, 3.63) is 241 Å². The smallest absolute Gasteiger partial charge is 0.160 e. The van der Waals surface area contributed by atoms with Crippen molar-refractivity contribution < 1.29 is 4.42 Å². The van der Waals surface area contributed by atoms with Crippen molar-refractivity contribution >= 4 is 21.9 Å². The lowest BCUT2D eigenvalue weighted by atomic mass is 9.74. The van der Waals surface area contributed by atoms with E-state index in [1.165, 1.54) is 33.4 Å². The van der Waals surface area contributed by atoms with Gasteiger partial charge < -0.3 is 4.42 Å². The Labute approximate surface area is 366 Å². The highest BCUT2D eigenvalue weighted by Gasteiger charge is 2.41. The number of fused-ring (bicyclic) bond motifs is 6. The van der Waals surface area contributed by atoms with E-state index in [0.717, 1.165) is 77.8 Å². The van der Waals surface area contributed by atoms with Crippen molar-refractivity contribution in [1.82, 2.24) is 9.97 Å². The molecular formula is C60H40N2O. The van der Waals surface area contributed by atoms with E-state index in [1.807, 2.05) is 18.2 Å². The number of hydrogen-bond acceptors (Lipinski definition) is 3. The maximum atomic E-state index is 6.65. The second-order valence-electron chi connectivity index (χ2n) is 16.6. The van der Waals surface area contributed by atoms with Gasteiger partial charge in [0.25, 0.3) is 0 Å². The molecule has 63 heavy (non-hydrogen) atoms. The molecule has 0 radical (unpaired) electrons. The van der Waals surface area contributed by atoms with Crippen LogP contribution in [0.15, 0.2) is 229 Å². The van der Waals surface area contributed by atoms with Crippen LogP contribution in [0, 0.1) is 0 Å². The number of rotatable bonds is 7. The first-order chi connectivity index (χ1) is 31.1. The van der Waals surface area contributed by atoms with E-state index in [0.29, 0.717) is 5.82 Å². The summed E-state index contributed by atoms with van der Waals surface area (Å²) in [5, 5.41) is 2.20. The minimum atomic E-state index is -0.337. The number of nitrogens with zero attached hydrogens (tertiary/aromatic N) is 2. The molecule has 1 aliphatic rings. The zero-order chi connectivity index (χ0) is 41.9. The van der Waals surface area contributed by atoms with Gasteiger partial charge in [-0.3, -0.25) is 0 Å². The molecule has 1 aliphatic carbocycles. The Kier molecular flexibility index (Phi) is 8.62. The van der Waals surface area contributed by atoms with Gasteiger partial charge >= 0.3 is 0 Å². The zero-order valence-corrected chi connectivity index (χ0v) is 34.7. The summed E-state index contributed by atoms with van der Waals surface area (Å²) in [6, 6.07) is 80.0. The topological polar surface area (TPSA) is 38.9 Å². The van der Waals surface area contributed by atoms with E-state index in [9.17, 15) is 0 Å². The summed E-state index contributed by atoms with van der Waals surface area (Å²) < 4.78 is 6.65. The summed E-state index contributed by atoms with van der Waals surface area (Å²) in [6.45, 7) is 2.36. The Morgan fingerprint density at radius 2 is 0.905 bits per heavy atom. The van der Waals surface area contributed by atoms with E-state index in [-0.39, 0.29) is 5.41 Å². The minimum Gasteiger partial charge on any atom is -0.455 e. The first kappa shape index (κ1) is 36.7. The molecule has 11 aromatic rings. The molecule has 3 heteroatoms. The second-order valence-corrected chi connectivity index (χ2v) is 16.6. The number of hydrogen-bond donors (Lipinski definition) is 0. The Morgan fingerprint density at radius 3 is 1.73 bits per heavy atom. The molecule has 296 valence electrons. The molecular weight excluding hydrogens is 765 g/mol. The fraction of sp³-hybridized carbons (Fsp3) is 0.0333. The third-order valence-electron chi connectivity index (χ3n) is 13.0. The average Bonchev–Trinajstić information content (AvgIpc) is 3.88. The van der Waals surface area contributed by atoms with Crippen LogP contribution in [0.3, 0.4) is 0 Å². The van der Waals surface area contributed by atoms with E-state index in [2.05, 4.69) is 213 Å². The molecule has 2 heterocycles. The monoisotopic (exact) mass is 804 g/mol. The maximum Gasteiger partial charge on any atom is 0.160 e. The normalized spacial score (nSPS) is 14.2. The van der Waals surface area contributed by atoms with Crippen molar-refractivity contribution in [2.75, 3.05) is 0 Å². The van der Waals surface area contributed by atoms with E-state index in [1.54, 1.807) is 0 Å². The van der Waals surface area contributed by atoms with Crippen LogP contribution in [0.1, 0.15) is 23.6 Å². The van der Waals surface area contributed by atoms with Gasteiger partial charge in [-0.1, -0.05) is 188 Å². The lowest BCUT2D eigenvalue weighted by Gasteiger charge is -2.28. The molecule has 9 aromatic carbocycles. The summed E-state index contributed by atoms with van der Waals surface area (Å²) in [6.07, 6.45) is 0. The number of furan rings is 1. The summed E-state index contributed by atoms with van der Waals surface area (Å²) in [7, 11) is 0. The molecule has 0 bridgehead atoms.